The van der Waals surface area contributed by atoms with E-state index in [0.29, 0.717) is 20.5 Å². The van der Waals surface area contributed by atoms with Gasteiger partial charge in [0.1, 0.15) is 10.1 Å². The summed E-state index contributed by atoms with van der Waals surface area (Å²) in [6.45, 7) is 0.108. The summed E-state index contributed by atoms with van der Waals surface area (Å²) in [7, 11) is 2.82. The van der Waals surface area contributed by atoms with Gasteiger partial charge in [0.2, 0.25) is 11.7 Å². The van der Waals surface area contributed by atoms with Crippen LogP contribution in [0.3, 0.4) is 0 Å². The first-order valence-electron chi connectivity index (χ1n) is 9.08. The summed E-state index contributed by atoms with van der Waals surface area (Å²) in [6, 6.07) is 8.54. The minimum absolute atomic E-state index is 0.0257. The summed E-state index contributed by atoms with van der Waals surface area (Å²) < 4.78 is 23.6. The maximum atomic E-state index is 13.0. The van der Waals surface area contributed by atoms with Gasteiger partial charge in [0, 0.05) is 18.7 Å². The number of carbonyl (C=O) groups excluding carboxylic acids is 2. The molecule has 1 saturated heterocycles. The van der Waals surface area contributed by atoms with E-state index in [0.717, 1.165) is 11.8 Å². The molecule has 1 fully saturated rings. The average Bonchev–Trinajstić information content (AvgIpc) is 3.01. The highest BCUT2D eigenvalue weighted by atomic mass is 32.2. The Hall–Kier alpha value is -3.11. The molecule has 0 radical (unpaired) electrons. The summed E-state index contributed by atoms with van der Waals surface area (Å²) >= 11 is 6.41. The van der Waals surface area contributed by atoms with Crippen LogP contribution in [0.5, 0.6) is 17.2 Å². The van der Waals surface area contributed by atoms with Crippen molar-refractivity contribution < 1.29 is 28.6 Å². The van der Waals surface area contributed by atoms with E-state index in [1.165, 1.54) is 43.4 Å². The minimum atomic E-state index is -0.397. The van der Waals surface area contributed by atoms with Gasteiger partial charge in [-0.15, -0.1) is 0 Å². The first kappa shape index (κ1) is 22.6. The second-order valence-electron chi connectivity index (χ2n) is 6.41. The number of hydrogen-bond acceptors (Lipinski definition) is 7. The zero-order chi connectivity index (χ0) is 22.5. The lowest BCUT2D eigenvalue weighted by Gasteiger charge is -2.14. The molecule has 0 atom stereocenters. The second kappa shape index (κ2) is 9.80. The third kappa shape index (κ3) is 5.33. The van der Waals surface area contributed by atoms with Crippen molar-refractivity contribution in [2.24, 2.45) is 0 Å². The molecule has 162 valence electrons. The third-order valence-electron chi connectivity index (χ3n) is 4.36. The van der Waals surface area contributed by atoms with E-state index in [1.54, 1.807) is 18.2 Å². The predicted octanol–water partition coefficient (Wildman–Crippen LogP) is 3.78. The maximum Gasteiger partial charge on any atom is 0.266 e. The summed E-state index contributed by atoms with van der Waals surface area (Å²) in [5.74, 6) is -0.765. The van der Waals surface area contributed by atoms with Gasteiger partial charge in [0.05, 0.1) is 19.1 Å². The Balaban J connectivity index is 1.68. The largest absolute Gasteiger partial charge is 0.502 e. The molecule has 7 nitrogen and oxygen atoms in total. The van der Waals surface area contributed by atoms with E-state index in [4.69, 9.17) is 21.7 Å². The van der Waals surface area contributed by atoms with E-state index in [-0.39, 0.29) is 42.0 Å². The highest BCUT2D eigenvalue weighted by molar-refractivity contribution is 8.26. The van der Waals surface area contributed by atoms with Crippen LogP contribution in [0, 0.1) is 5.82 Å². The zero-order valence-corrected chi connectivity index (χ0v) is 18.3. The molecule has 0 aliphatic carbocycles. The van der Waals surface area contributed by atoms with Gasteiger partial charge in [-0.05, 0) is 48.0 Å². The molecule has 0 aromatic heterocycles. The van der Waals surface area contributed by atoms with Gasteiger partial charge < -0.3 is 19.9 Å². The van der Waals surface area contributed by atoms with Crippen LogP contribution in [-0.4, -0.2) is 46.9 Å². The van der Waals surface area contributed by atoms with E-state index in [2.05, 4.69) is 5.32 Å². The number of nitrogens with one attached hydrogen (secondary N) is 1. The number of carbonyl (C=O) groups is 2. The number of hydrogen-bond donors (Lipinski definition) is 2. The number of halogens is 1. The van der Waals surface area contributed by atoms with Gasteiger partial charge in [-0.3, -0.25) is 14.5 Å². The minimum Gasteiger partial charge on any atom is -0.502 e. The topological polar surface area (TPSA) is 88.1 Å². The van der Waals surface area contributed by atoms with Crippen LogP contribution >= 0.6 is 24.0 Å². The first-order chi connectivity index (χ1) is 14.8. The molecule has 2 aromatic carbocycles. The molecule has 0 saturated carbocycles. The van der Waals surface area contributed by atoms with Crippen LogP contribution in [0.25, 0.3) is 6.08 Å². The fourth-order valence-electron chi connectivity index (χ4n) is 2.81. The number of phenolic OH excluding ortho intramolecular Hbond substituents is 1. The molecule has 1 heterocycles. The summed E-state index contributed by atoms with van der Waals surface area (Å²) in [6.07, 6.45) is 1.64. The SMILES string of the molecule is COc1cc(/C=C2\SC(=S)N(CCC(=O)Nc3ccc(F)cc3)C2=O)cc(OC)c1O. The number of nitrogens with zero attached hydrogens (tertiary/aromatic N) is 1. The van der Waals surface area contributed by atoms with Crippen molar-refractivity contribution in [3.8, 4) is 17.2 Å². The van der Waals surface area contributed by atoms with Gasteiger partial charge in [-0.25, -0.2) is 4.39 Å². The zero-order valence-electron chi connectivity index (χ0n) is 16.7. The number of amides is 2. The summed E-state index contributed by atoms with van der Waals surface area (Å²) in [5.41, 5.74) is 1.05. The van der Waals surface area contributed by atoms with Crippen LogP contribution < -0.4 is 14.8 Å². The summed E-state index contributed by atoms with van der Waals surface area (Å²) in [4.78, 5) is 26.6. The van der Waals surface area contributed by atoms with Crippen LogP contribution in [-0.2, 0) is 9.59 Å². The molecule has 2 N–H and O–H groups in total. The van der Waals surface area contributed by atoms with Crippen molar-refractivity contribution in [2.75, 3.05) is 26.1 Å². The molecule has 1 aliphatic rings. The Morgan fingerprint density at radius 2 is 1.84 bits per heavy atom. The van der Waals surface area contributed by atoms with Crippen LogP contribution in [0.1, 0.15) is 12.0 Å². The monoisotopic (exact) mass is 462 g/mol. The fourth-order valence-corrected chi connectivity index (χ4v) is 4.12. The maximum absolute atomic E-state index is 13.0. The number of anilines is 1. The summed E-state index contributed by atoms with van der Waals surface area (Å²) in [5, 5.41) is 12.7. The standard InChI is InChI=1S/C21H19FN2O5S2/c1-28-15-9-12(10-16(29-2)19(15)26)11-17-20(27)24(21(30)31-17)8-7-18(25)23-14-5-3-13(22)4-6-14/h3-6,9-11,26H,7-8H2,1-2H3,(H,23,25)/b17-11-. The van der Waals surface area contributed by atoms with Crippen molar-refractivity contribution in [3.05, 3.63) is 52.7 Å². The molecule has 2 amide bonds. The Kier molecular flexibility index (Phi) is 7.13. The van der Waals surface area contributed by atoms with E-state index in [1.807, 2.05) is 0 Å². The number of rotatable bonds is 7. The van der Waals surface area contributed by atoms with Gasteiger partial charge in [0.15, 0.2) is 11.5 Å². The quantitative estimate of drug-likeness (QED) is 0.478. The van der Waals surface area contributed by atoms with Crippen molar-refractivity contribution >= 4 is 51.9 Å². The first-order valence-corrected chi connectivity index (χ1v) is 10.3. The molecule has 0 unspecified atom stereocenters. The Morgan fingerprint density at radius 3 is 2.42 bits per heavy atom. The van der Waals surface area contributed by atoms with Crippen molar-refractivity contribution in [2.45, 2.75) is 6.42 Å². The molecule has 1 aliphatic heterocycles. The smallest absolute Gasteiger partial charge is 0.266 e. The van der Waals surface area contributed by atoms with Crippen LogP contribution in [0.2, 0.25) is 0 Å². The van der Waals surface area contributed by atoms with E-state index in [9.17, 15) is 19.1 Å². The Labute approximate surface area is 187 Å². The lowest BCUT2D eigenvalue weighted by Crippen LogP contribution is -2.31. The van der Waals surface area contributed by atoms with Crippen molar-refractivity contribution in [3.63, 3.8) is 0 Å². The number of thioether (sulfide) groups is 1. The molecular weight excluding hydrogens is 443 g/mol. The Bertz CT molecular complexity index is 1030. The number of aromatic hydroxyl groups is 1. The molecule has 2 aromatic rings. The number of methoxy groups -OCH3 is 2. The molecule has 10 heteroatoms. The van der Waals surface area contributed by atoms with Gasteiger partial charge in [-0.1, -0.05) is 24.0 Å². The van der Waals surface area contributed by atoms with Gasteiger partial charge >= 0.3 is 0 Å². The van der Waals surface area contributed by atoms with E-state index >= 15 is 0 Å². The number of ether oxygens (including phenoxy) is 2. The highest BCUT2D eigenvalue weighted by Crippen LogP contribution is 2.39. The van der Waals surface area contributed by atoms with Crippen LogP contribution in [0.4, 0.5) is 10.1 Å². The van der Waals surface area contributed by atoms with Crippen molar-refractivity contribution in [1.29, 1.82) is 0 Å². The van der Waals surface area contributed by atoms with Crippen molar-refractivity contribution in [1.82, 2.24) is 4.90 Å². The molecule has 0 spiro atoms. The Morgan fingerprint density at radius 1 is 1.23 bits per heavy atom. The number of thiocarbonyl (C=S) groups is 1. The number of benzene rings is 2. The van der Waals surface area contributed by atoms with Crippen LogP contribution in [0.15, 0.2) is 41.3 Å². The van der Waals surface area contributed by atoms with Gasteiger partial charge in [0.25, 0.3) is 5.91 Å². The van der Waals surface area contributed by atoms with Gasteiger partial charge in [-0.2, -0.15) is 0 Å². The molecule has 3 rings (SSSR count). The normalized spacial score (nSPS) is 14.8. The molecule has 0 bridgehead atoms. The lowest BCUT2D eigenvalue weighted by molar-refractivity contribution is -0.122. The number of phenols is 1. The molecule has 31 heavy (non-hydrogen) atoms. The predicted molar refractivity (Wildman–Crippen MR) is 121 cm³/mol. The van der Waals surface area contributed by atoms with E-state index < -0.39 is 5.82 Å². The second-order valence-corrected chi connectivity index (χ2v) is 8.09. The fraction of sp³-hybridized carbons (Fsp3) is 0.190. The lowest BCUT2D eigenvalue weighted by atomic mass is 10.1. The molecular formula is C21H19FN2O5S2. The average molecular weight is 463 g/mol. The highest BCUT2D eigenvalue weighted by Gasteiger charge is 2.32. The third-order valence-corrected chi connectivity index (χ3v) is 5.74.